The minimum Gasteiger partial charge on any atom is -0.748 e. The zero-order chi connectivity index (χ0) is 21.8. The number of hydrogen-bond acceptors (Lipinski definition) is 4. The molecule has 0 spiro atoms. The molecule has 0 bridgehead atoms. The summed E-state index contributed by atoms with van der Waals surface area (Å²) in [4.78, 5) is 0. The maximum absolute atomic E-state index is 11.5. The summed E-state index contributed by atoms with van der Waals surface area (Å²) in [5.41, 5.74) is 0. The van der Waals surface area contributed by atoms with Crippen LogP contribution < -0.4 is 51.4 Å². The molecule has 0 fully saturated rings. The van der Waals surface area contributed by atoms with Crippen LogP contribution in [0.2, 0.25) is 0 Å². The van der Waals surface area contributed by atoms with Crippen molar-refractivity contribution in [3.05, 3.63) is 0 Å². The molecule has 0 radical (unpaired) electrons. The van der Waals surface area contributed by atoms with Crippen LogP contribution in [0.3, 0.4) is 0 Å². The van der Waals surface area contributed by atoms with E-state index in [0.717, 1.165) is 64.2 Å². The number of unbranched alkanes of at least 4 members (excludes halogenated alkanes) is 15. The summed E-state index contributed by atoms with van der Waals surface area (Å²) < 4.78 is 34.6. The molecule has 0 aliphatic carbocycles. The zero-order valence-electron chi connectivity index (χ0n) is 20.4. The fourth-order valence-electron chi connectivity index (χ4n) is 3.99. The Morgan fingerprint density at radius 2 is 0.933 bits per heavy atom. The average Bonchev–Trinajstić information content (AvgIpc) is 2.65. The van der Waals surface area contributed by atoms with Crippen LogP contribution in [-0.4, -0.2) is 29.4 Å². The molecule has 0 aromatic heterocycles. The molecule has 0 saturated heterocycles. The predicted molar refractivity (Wildman–Crippen MR) is 123 cm³/mol. The van der Waals surface area contributed by atoms with Gasteiger partial charge in [0.1, 0.15) is 0 Å². The van der Waals surface area contributed by atoms with Gasteiger partial charge < -0.3 is 9.66 Å². The minimum absolute atomic E-state index is 0. The van der Waals surface area contributed by atoms with E-state index < -0.39 is 15.4 Å². The minimum atomic E-state index is -4.17. The van der Waals surface area contributed by atoms with Crippen LogP contribution in [0.1, 0.15) is 142 Å². The second-order valence-corrected chi connectivity index (χ2v) is 10.6. The molecule has 6 heteroatoms. The van der Waals surface area contributed by atoms with Gasteiger partial charge in [0, 0.05) is 5.25 Å². The summed E-state index contributed by atoms with van der Waals surface area (Å²) >= 11 is 0. The first kappa shape index (κ1) is 33.7. The van der Waals surface area contributed by atoms with Crippen molar-refractivity contribution < 1.29 is 69.5 Å². The van der Waals surface area contributed by atoms with Crippen molar-refractivity contribution >= 4 is 10.1 Å². The van der Waals surface area contributed by atoms with E-state index in [1.165, 1.54) is 51.4 Å². The topological polar surface area (TPSA) is 77.4 Å². The van der Waals surface area contributed by atoms with Crippen molar-refractivity contribution in [3.8, 4) is 0 Å². The van der Waals surface area contributed by atoms with Gasteiger partial charge in [0.2, 0.25) is 0 Å². The van der Waals surface area contributed by atoms with Crippen molar-refractivity contribution in [3.63, 3.8) is 0 Å². The van der Waals surface area contributed by atoms with Gasteiger partial charge in [0.05, 0.1) is 16.2 Å². The number of aliphatic hydroxyl groups is 1. The van der Waals surface area contributed by atoms with Crippen LogP contribution in [0.4, 0.5) is 0 Å². The van der Waals surface area contributed by atoms with Gasteiger partial charge in [-0.05, 0) is 26.2 Å². The number of rotatable bonds is 22. The number of hydrogen-bond donors (Lipinski definition) is 1. The standard InChI is InChI=1S/C24H50O4S.K/c1-3-4-5-6-7-8-9-10-11-15-18-21-24(29(26,27)28)22-19-16-13-12-14-17-20-23(2)25;/h23-25H,3-22H2,1-2H3,(H,26,27,28);/q;+1/p-1. The van der Waals surface area contributed by atoms with Gasteiger partial charge >= 0.3 is 51.4 Å². The van der Waals surface area contributed by atoms with E-state index in [0.29, 0.717) is 12.8 Å². The first-order valence-corrected chi connectivity index (χ1v) is 14.0. The summed E-state index contributed by atoms with van der Waals surface area (Å²) in [7, 11) is -4.17. The Hall–Kier alpha value is 1.51. The van der Waals surface area contributed by atoms with Crippen molar-refractivity contribution in [2.24, 2.45) is 0 Å². The third kappa shape index (κ3) is 24.2. The first-order valence-electron chi connectivity index (χ1n) is 12.5. The smallest absolute Gasteiger partial charge is 0.748 e. The second-order valence-electron chi connectivity index (χ2n) is 8.99. The molecule has 0 aromatic rings. The molecule has 176 valence electrons. The number of aliphatic hydroxyl groups excluding tert-OH is 1. The molecule has 2 atom stereocenters. The Morgan fingerprint density at radius 3 is 1.23 bits per heavy atom. The van der Waals surface area contributed by atoms with Crippen molar-refractivity contribution in [1.82, 2.24) is 0 Å². The summed E-state index contributed by atoms with van der Waals surface area (Å²) in [6, 6.07) is 0. The van der Waals surface area contributed by atoms with E-state index in [9.17, 15) is 18.1 Å². The van der Waals surface area contributed by atoms with E-state index >= 15 is 0 Å². The largest absolute Gasteiger partial charge is 1.00 e. The molecular formula is C24H49KO4S. The average molecular weight is 473 g/mol. The third-order valence-corrected chi connectivity index (χ3v) is 7.22. The summed E-state index contributed by atoms with van der Waals surface area (Å²) in [6.07, 6.45) is 21.5. The predicted octanol–water partition coefficient (Wildman–Crippen LogP) is 4.11. The van der Waals surface area contributed by atoms with Gasteiger partial charge in [-0.2, -0.15) is 0 Å². The van der Waals surface area contributed by atoms with E-state index in [2.05, 4.69) is 6.92 Å². The zero-order valence-corrected chi connectivity index (χ0v) is 24.3. The van der Waals surface area contributed by atoms with Crippen LogP contribution in [0.25, 0.3) is 0 Å². The summed E-state index contributed by atoms with van der Waals surface area (Å²) in [6.45, 7) is 4.06. The molecule has 30 heavy (non-hydrogen) atoms. The molecule has 2 unspecified atom stereocenters. The quantitative estimate of drug-likeness (QED) is 0.146. The molecule has 0 rings (SSSR count). The van der Waals surface area contributed by atoms with E-state index in [1.54, 1.807) is 0 Å². The van der Waals surface area contributed by atoms with Crippen LogP contribution in [-0.2, 0) is 10.1 Å². The molecule has 0 aliphatic heterocycles. The fourth-order valence-corrected chi connectivity index (χ4v) is 4.90. The van der Waals surface area contributed by atoms with E-state index in [1.807, 2.05) is 6.92 Å². The summed E-state index contributed by atoms with van der Waals surface area (Å²) in [5, 5.41) is 8.54. The molecule has 0 amide bonds. The Kier molecular flexibility index (Phi) is 26.6. The van der Waals surface area contributed by atoms with Gasteiger partial charge in [-0.15, -0.1) is 0 Å². The normalized spacial score (nSPS) is 13.7. The van der Waals surface area contributed by atoms with Gasteiger partial charge in [-0.3, -0.25) is 0 Å². The third-order valence-electron chi connectivity index (χ3n) is 5.94. The first-order chi connectivity index (χ1) is 13.9. The maximum atomic E-state index is 11.5. The fraction of sp³-hybridized carbons (Fsp3) is 1.00. The van der Waals surface area contributed by atoms with Crippen LogP contribution in [0, 0.1) is 0 Å². The Bertz CT molecular complexity index is 440. The van der Waals surface area contributed by atoms with E-state index in [-0.39, 0.29) is 57.5 Å². The van der Waals surface area contributed by atoms with Gasteiger partial charge in [-0.1, -0.05) is 116 Å². The van der Waals surface area contributed by atoms with E-state index in [4.69, 9.17) is 0 Å². The van der Waals surface area contributed by atoms with Crippen molar-refractivity contribution in [1.29, 1.82) is 0 Å². The Morgan fingerprint density at radius 1 is 0.633 bits per heavy atom. The molecule has 0 heterocycles. The maximum Gasteiger partial charge on any atom is 1.00 e. The van der Waals surface area contributed by atoms with Crippen LogP contribution >= 0.6 is 0 Å². The van der Waals surface area contributed by atoms with Crippen molar-refractivity contribution in [2.45, 2.75) is 154 Å². The van der Waals surface area contributed by atoms with Gasteiger partial charge in [-0.25, -0.2) is 8.42 Å². The molecule has 0 saturated carbocycles. The molecule has 0 aliphatic rings. The molecule has 1 N–H and O–H groups in total. The Labute approximate surface area is 230 Å². The van der Waals surface area contributed by atoms with Gasteiger partial charge in [0.25, 0.3) is 0 Å². The summed E-state index contributed by atoms with van der Waals surface area (Å²) in [5.74, 6) is 0. The van der Waals surface area contributed by atoms with Crippen molar-refractivity contribution in [2.75, 3.05) is 0 Å². The molecule has 4 nitrogen and oxygen atoms in total. The molecular weight excluding hydrogens is 423 g/mol. The van der Waals surface area contributed by atoms with Gasteiger partial charge in [0.15, 0.2) is 0 Å². The monoisotopic (exact) mass is 472 g/mol. The Balaban J connectivity index is 0. The second kappa shape index (κ2) is 23.7. The van der Waals surface area contributed by atoms with Crippen LogP contribution in [0.15, 0.2) is 0 Å². The SMILES string of the molecule is CCCCCCCCCCCCCC(CCCCCCCCC(C)O)S(=O)(=O)[O-].[K+]. The molecule has 0 aromatic carbocycles. The van der Waals surface area contributed by atoms with Crippen LogP contribution in [0.5, 0.6) is 0 Å².